The van der Waals surface area contributed by atoms with E-state index in [9.17, 15) is 9.59 Å². The summed E-state index contributed by atoms with van der Waals surface area (Å²) < 4.78 is 0. The second-order valence-corrected chi connectivity index (χ2v) is 9.90. The highest BCUT2D eigenvalue weighted by molar-refractivity contribution is 7.99. The monoisotopic (exact) mass is 534 g/mol. The SMILES string of the molecule is CNC(=O)C(Cc1ccccc1)N(Cc1ccc(Cl)cc1Cl)C(=O)CSCc1ccccc1Cl. The molecule has 3 rings (SSSR count). The summed E-state index contributed by atoms with van der Waals surface area (Å²) in [6, 6.07) is 21.6. The number of halogens is 3. The van der Waals surface area contributed by atoms with E-state index in [-0.39, 0.29) is 24.1 Å². The number of carbonyl (C=O) groups is 2. The molecule has 1 atom stereocenters. The van der Waals surface area contributed by atoms with Gasteiger partial charge >= 0.3 is 0 Å². The van der Waals surface area contributed by atoms with E-state index in [1.54, 1.807) is 30.1 Å². The quantitative estimate of drug-likeness (QED) is 0.333. The minimum Gasteiger partial charge on any atom is -0.357 e. The van der Waals surface area contributed by atoms with Gasteiger partial charge in [-0.25, -0.2) is 0 Å². The summed E-state index contributed by atoms with van der Waals surface area (Å²) in [4.78, 5) is 28.0. The molecule has 3 aromatic carbocycles. The Bertz CT molecular complexity index is 1130. The second-order valence-electron chi connectivity index (χ2n) is 7.66. The van der Waals surface area contributed by atoms with Crippen LogP contribution in [0.5, 0.6) is 0 Å². The molecule has 0 bridgehead atoms. The summed E-state index contributed by atoms with van der Waals surface area (Å²) in [5, 5.41) is 4.33. The third kappa shape index (κ3) is 7.41. The minimum atomic E-state index is -0.701. The van der Waals surface area contributed by atoms with Gasteiger partial charge in [-0.2, -0.15) is 0 Å². The van der Waals surface area contributed by atoms with Crippen molar-refractivity contribution in [1.82, 2.24) is 10.2 Å². The summed E-state index contributed by atoms with van der Waals surface area (Å²) in [7, 11) is 1.57. The fraction of sp³-hybridized carbons (Fsp3) is 0.231. The van der Waals surface area contributed by atoms with Crippen LogP contribution in [0, 0.1) is 0 Å². The van der Waals surface area contributed by atoms with E-state index in [1.165, 1.54) is 11.8 Å². The van der Waals surface area contributed by atoms with Gasteiger partial charge in [-0.15, -0.1) is 11.8 Å². The van der Waals surface area contributed by atoms with Crippen LogP contribution in [0.3, 0.4) is 0 Å². The van der Waals surface area contributed by atoms with Crippen molar-refractivity contribution in [2.24, 2.45) is 0 Å². The van der Waals surface area contributed by atoms with Crippen LogP contribution in [-0.4, -0.2) is 35.6 Å². The average Bonchev–Trinajstić information content (AvgIpc) is 2.83. The molecule has 0 aliphatic carbocycles. The Morgan fingerprint density at radius 3 is 2.29 bits per heavy atom. The van der Waals surface area contributed by atoms with Gasteiger partial charge in [0.15, 0.2) is 0 Å². The molecule has 0 aliphatic rings. The molecule has 0 saturated carbocycles. The Labute approximate surface area is 219 Å². The van der Waals surface area contributed by atoms with Crippen molar-refractivity contribution < 1.29 is 9.59 Å². The van der Waals surface area contributed by atoms with Crippen molar-refractivity contribution in [3.63, 3.8) is 0 Å². The van der Waals surface area contributed by atoms with E-state index >= 15 is 0 Å². The number of hydrogen-bond acceptors (Lipinski definition) is 3. The Morgan fingerprint density at radius 2 is 1.62 bits per heavy atom. The first-order chi connectivity index (χ1) is 16.4. The molecule has 0 aromatic heterocycles. The molecule has 1 N–H and O–H groups in total. The molecule has 8 heteroatoms. The van der Waals surface area contributed by atoms with Gasteiger partial charge in [-0.05, 0) is 34.9 Å². The molecule has 4 nitrogen and oxygen atoms in total. The highest BCUT2D eigenvalue weighted by atomic mass is 35.5. The fourth-order valence-electron chi connectivity index (χ4n) is 3.50. The van der Waals surface area contributed by atoms with Gasteiger partial charge in [0, 0.05) is 40.8 Å². The molecule has 0 heterocycles. The lowest BCUT2D eigenvalue weighted by atomic mass is 10.0. The van der Waals surface area contributed by atoms with Crippen molar-refractivity contribution in [3.8, 4) is 0 Å². The average molecular weight is 536 g/mol. The first-order valence-corrected chi connectivity index (χ1v) is 13.0. The second kappa shape index (κ2) is 13.1. The maximum absolute atomic E-state index is 13.5. The predicted molar refractivity (Wildman–Crippen MR) is 143 cm³/mol. The number of amides is 2. The van der Waals surface area contributed by atoms with Crippen LogP contribution in [0.25, 0.3) is 0 Å². The van der Waals surface area contributed by atoms with Crippen molar-refractivity contribution in [2.75, 3.05) is 12.8 Å². The number of nitrogens with one attached hydrogen (secondary N) is 1. The van der Waals surface area contributed by atoms with Gasteiger partial charge in [0.1, 0.15) is 6.04 Å². The smallest absolute Gasteiger partial charge is 0.242 e. The fourth-order valence-corrected chi connectivity index (χ4v) is 5.16. The minimum absolute atomic E-state index is 0.160. The highest BCUT2D eigenvalue weighted by Crippen LogP contribution is 2.25. The third-order valence-corrected chi connectivity index (χ3v) is 7.24. The topological polar surface area (TPSA) is 49.4 Å². The molecule has 0 fully saturated rings. The van der Waals surface area contributed by atoms with Crippen LogP contribution in [0.2, 0.25) is 15.1 Å². The normalized spacial score (nSPS) is 11.6. The zero-order valence-electron chi connectivity index (χ0n) is 18.6. The molecule has 0 spiro atoms. The zero-order valence-corrected chi connectivity index (χ0v) is 21.7. The maximum atomic E-state index is 13.5. The summed E-state index contributed by atoms with van der Waals surface area (Å²) in [6.07, 6.45) is 0.382. The van der Waals surface area contributed by atoms with Crippen molar-refractivity contribution >= 4 is 58.4 Å². The van der Waals surface area contributed by atoms with E-state index in [2.05, 4.69) is 5.32 Å². The Hall–Kier alpha value is -2.18. The summed E-state index contributed by atoms with van der Waals surface area (Å²) in [6.45, 7) is 0.187. The lowest BCUT2D eigenvalue weighted by Crippen LogP contribution is -2.50. The van der Waals surface area contributed by atoms with Crippen LogP contribution in [0.4, 0.5) is 0 Å². The summed E-state index contributed by atoms with van der Waals surface area (Å²) in [5.41, 5.74) is 2.64. The van der Waals surface area contributed by atoms with Crippen LogP contribution in [0.15, 0.2) is 72.8 Å². The van der Waals surface area contributed by atoms with Gasteiger partial charge in [-0.3, -0.25) is 9.59 Å². The zero-order chi connectivity index (χ0) is 24.5. The van der Waals surface area contributed by atoms with Gasteiger partial charge in [0.05, 0.1) is 5.75 Å². The molecule has 34 heavy (non-hydrogen) atoms. The van der Waals surface area contributed by atoms with Crippen LogP contribution in [0.1, 0.15) is 16.7 Å². The maximum Gasteiger partial charge on any atom is 0.242 e. The first-order valence-electron chi connectivity index (χ1n) is 10.7. The first kappa shape index (κ1) is 26.4. The molecule has 1 unspecified atom stereocenters. The van der Waals surface area contributed by atoms with E-state index in [1.807, 2.05) is 54.6 Å². The lowest BCUT2D eigenvalue weighted by molar-refractivity contribution is -0.139. The molecule has 0 radical (unpaired) electrons. The highest BCUT2D eigenvalue weighted by Gasteiger charge is 2.30. The van der Waals surface area contributed by atoms with Crippen LogP contribution < -0.4 is 5.32 Å². The number of hydrogen-bond donors (Lipinski definition) is 1. The number of likely N-dealkylation sites (N-methyl/N-ethyl adjacent to an activating group) is 1. The van der Waals surface area contributed by atoms with Gasteiger partial charge in [0.25, 0.3) is 0 Å². The molecular weight excluding hydrogens is 511 g/mol. The van der Waals surface area contributed by atoms with Gasteiger partial charge < -0.3 is 10.2 Å². The molecular formula is C26H25Cl3N2O2S. The van der Waals surface area contributed by atoms with E-state index in [4.69, 9.17) is 34.8 Å². The molecule has 3 aromatic rings. The van der Waals surface area contributed by atoms with E-state index in [0.29, 0.717) is 27.2 Å². The number of nitrogens with zero attached hydrogens (tertiary/aromatic N) is 1. The lowest BCUT2D eigenvalue weighted by Gasteiger charge is -2.31. The molecule has 0 saturated heterocycles. The van der Waals surface area contributed by atoms with Crippen LogP contribution >= 0.6 is 46.6 Å². The van der Waals surface area contributed by atoms with E-state index in [0.717, 1.165) is 16.7 Å². The van der Waals surface area contributed by atoms with E-state index < -0.39 is 6.04 Å². The van der Waals surface area contributed by atoms with Crippen LogP contribution in [-0.2, 0) is 28.3 Å². The Kier molecular flexibility index (Phi) is 10.1. The van der Waals surface area contributed by atoms with Crippen molar-refractivity contribution in [1.29, 1.82) is 0 Å². The molecule has 2 amide bonds. The molecule has 178 valence electrons. The standard InChI is InChI=1S/C26H25Cl3N2O2S/c1-30-26(33)24(13-18-7-3-2-4-8-18)31(15-19-11-12-21(27)14-23(19)29)25(32)17-34-16-20-9-5-6-10-22(20)28/h2-12,14,24H,13,15-17H2,1H3,(H,30,33). The number of benzene rings is 3. The molecule has 0 aliphatic heterocycles. The largest absolute Gasteiger partial charge is 0.357 e. The third-order valence-electron chi connectivity index (χ3n) is 5.31. The van der Waals surface area contributed by atoms with Crippen molar-refractivity contribution in [3.05, 3.63) is 105 Å². The Morgan fingerprint density at radius 1 is 0.912 bits per heavy atom. The number of rotatable bonds is 10. The summed E-state index contributed by atoms with van der Waals surface area (Å²) in [5.74, 6) is 0.384. The van der Waals surface area contributed by atoms with Crippen molar-refractivity contribution in [2.45, 2.75) is 24.8 Å². The van der Waals surface area contributed by atoms with Gasteiger partial charge in [-0.1, -0.05) is 89.4 Å². The number of carbonyl (C=O) groups excluding carboxylic acids is 2. The summed E-state index contributed by atoms with van der Waals surface area (Å²) >= 11 is 20.2. The number of thioether (sulfide) groups is 1. The Balaban J connectivity index is 1.85. The predicted octanol–water partition coefficient (Wildman–Crippen LogP) is 6.27. The van der Waals surface area contributed by atoms with Gasteiger partial charge in [0.2, 0.25) is 11.8 Å².